The van der Waals surface area contributed by atoms with Crippen LogP contribution in [0.15, 0.2) is 12.2 Å². The molecule has 4 aliphatic heterocycles. The first kappa shape index (κ1) is 11.0. The molecule has 0 aliphatic carbocycles. The summed E-state index contributed by atoms with van der Waals surface area (Å²) in [5.41, 5.74) is 0. The van der Waals surface area contributed by atoms with E-state index in [-0.39, 0.29) is 5.91 Å². The maximum Gasteiger partial charge on any atom is 0.246 e. The normalized spacial score (nSPS) is 43.6. The first-order valence-corrected chi connectivity index (χ1v) is 7.56. The third-order valence-electron chi connectivity index (χ3n) is 5.59. The Morgan fingerprint density at radius 1 is 1.17 bits per heavy atom. The average molecular weight is 246 g/mol. The lowest BCUT2D eigenvalue weighted by Crippen LogP contribution is -2.65. The molecule has 4 heterocycles. The highest BCUT2D eigenvalue weighted by molar-refractivity contribution is 5.88. The van der Waals surface area contributed by atoms with Gasteiger partial charge in [-0.25, -0.2) is 0 Å². The number of hydrogen-bond acceptors (Lipinski definition) is 2. The predicted molar refractivity (Wildman–Crippen MR) is 70.1 cm³/mol. The molecule has 0 aromatic carbocycles. The topological polar surface area (TPSA) is 23.6 Å². The summed E-state index contributed by atoms with van der Waals surface area (Å²) in [6.07, 6.45) is 10.3. The Morgan fingerprint density at radius 2 is 2.00 bits per heavy atom. The van der Waals surface area contributed by atoms with Crippen LogP contribution in [0.3, 0.4) is 0 Å². The van der Waals surface area contributed by atoms with Crippen LogP contribution in [0.1, 0.15) is 32.1 Å². The molecule has 4 atom stereocenters. The fourth-order valence-electron chi connectivity index (χ4n) is 4.95. The summed E-state index contributed by atoms with van der Waals surface area (Å²) < 4.78 is 0. The van der Waals surface area contributed by atoms with E-state index in [0.29, 0.717) is 6.04 Å². The summed E-state index contributed by atoms with van der Waals surface area (Å²) in [5.74, 6) is 1.76. The van der Waals surface area contributed by atoms with Gasteiger partial charge in [0.2, 0.25) is 5.91 Å². The van der Waals surface area contributed by atoms with Crippen molar-refractivity contribution in [3.05, 3.63) is 12.2 Å². The van der Waals surface area contributed by atoms with Gasteiger partial charge in [0.15, 0.2) is 0 Å². The highest BCUT2D eigenvalue weighted by atomic mass is 16.2. The Bertz CT molecular complexity index is 390. The lowest BCUT2D eigenvalue weighted by Gasteiger charge is -2.57. The second-order valence-corrected chi connectivity index (χ2v) is 6.43. The molecule has 3 heteroatoms. The molecular weight excluding hydrogens is 224 g/mol. The Balaban J connectivity index is 1.68. The third kappa shape index (κ3) is 1.49. The van der Waals surface area contributed by atoms with Crippen LogP contribution < -0.4 is 0 Å². The smallest absolute Gasteiger partial charge is 0.246 e. The van der Waals surface area contributed by atoms with Crippen LogP contribution in [0, 0.1) is 11.8 Å². The monoisotopic (exact) mass is 246 g/mol. The second-order valence-electron chi connectivity index (χ2n) is 6.43. The van der Waals surface area contributed by atoms with Crippen molar-refractivity contribution >= 4 is 5.91 Å². The molecule has 0 spiro atoms. The van der Waals surface area contributed by atoms with Crippen LogP contribution in [0.4, 0.5) is 0 Å². The standard InChI is InChI=1S/C15H22N2O/c18-14-7-1-6-13-12-5-3-9-16-8-2-4-11(15(12)16)10-17(13)14/h1,7,11-13,15H,2-6,8-10H2/t11-,12+,13+,15-/m0/s1. The van der Waals surface area contributed by atoms with Gasteiger partial charge >= 0.3 is 0 Å². The summed E-state index contributed by atoms with van der Waals surface area (Å²) in [5, 5.41) is 0. The number of carbonyl (C=O) groups is 1. The molecule has 0 saturated carbocycles. The highest BCUT2D eigenvalue weighted by Gasteiger charge is 2.49. The summed E-state index contributed by atoms with van der Waals surface area (Å²) in [7, 11) is 0. The lowest BCUT2D eigenvalue weighted by molar-refractivity contribution is -0.141. The van der Waals surface area contributed by atoms with Crippen LogP contribution >= 0.6 is 0 Å². The van der Waals surface area contributed by atoms with Crippen molar-refractivity contribution in [1.82, 2.24) is 9.80 Å². The minimum atomic E-state index is 0.271. The molecule has 4 rings (SSSR count). The molecule has 0 aromatic heterocycles. The third-order valence-corrected chi connectivity index (χ3v) is 5.59. The number of carbonyl (C=O) groups excluding carboxylic acids is 1. The van der Waals surface area contributed by atoms with Gasteiger partial charge in [0, 0.05) is 18.6 Å². The van der Waals surface area contributed by atoms with Gasteiger partial charge < -0.3 is 4.90 Å². The average Bonchev–Trinajstić information content (AvgIpc) is 2.41. The van der Waals surface area contributed by atoms with Gasteiger partial charge in [-0.15, -0.1) is 0 Å². The summed E-state index contributed by atoms with van der Waals surface area (Å²) >= 11 is 0. The first-order valence-electron chi connectivity index (χ1n) is 7.56. The molecule has 98 valence electrons. The molecule has 3 fully saturated rings. The van der Waals surface area contributed by atoms with Crippen molar-refractivity contribution in [2.24, 2.45) is 11.8 Å². The van der Waals surface area contributed by atoms with E-state index in [1.165, 1.54) is 38.8 Å². The van der Waals surface area contributed by atoms with E-state index in [2.05, 4.69) is 15.9 Å². The van der Waals surface area contributed by atoms with Crippen molar-refractivity contribution in [3.63, 3.8) is 0 Å². The van der Waals surface area contributed by atoms with E-state index in [4.69, 9.17) is 0 Å². The van der Waals surface area contributed by atoms with E-state index in [1.54, 1.807) is 6.08 Å². The summed E-state index contributed by atoms with van der Waals surface area (Å²) in [6, 6.07) is 1.29. The predicted octanol–water partition coefficient (Wildman–Crippen LogP) is 1.65. The zero-order chi connectivity index (χ0) is 12.1. The Morgan fingerprint density at radius 3 is 2.89 bits per heavy atom. The molecule has 0 unspecified atom stereocenters. The van der Waals surface area contributed by atoms with Crippen LogP contribution in [0.25, 0.3) is 0 Å². The van der Waals surface area contributed by atoms with Gasteiger partial charge in [0.25, 0.3) is 0 Å². The van der Waals surface area contributed by atoms with Crippen molar-refractivity contribution in [3.8, 4) is 0 Å². The SMILES string of the molecule is O=C1C=CC[C@@H]2[C@H]3CCCN4CCC[C@@H](CN12)[C@@H]34. The molecule has 0 bridgehead atoms. The van der Waals surface area contributed by atoms with E-state index < -0.39 is 0 Å². The molecule has 0 radical (unpaired) electrons. The van der Waals surface area contributed by atoms with Crippen molar-refractivity contribution < 1.29 is 4.79 Å². The molecule has 3 saturated heterocycles. The van der Waals surface area contributed by atoms with Gasteiger partial charge in [-0.1, -0.05) is 6.08 Å². The summed E-state index contributed by atoms with van der Waals surface area (Å²) in [6.45, 7) is 3.62. The fraction of sp³-hybridized carbons (Fsp3) is 0.800. The van der Waals surface area contributed by atoms with Crippen molar-refractivity contribution in [2.45, 2.75) is 44.2 Å². The number of fused-ring (bicyclic) bond motifs is 2. The molecule has 4 aliphatic rings. The van der Waals surface area contributed by atoms with Crippen LogP contribution in [-0.4, -0.2) is 47.4 Å². The largest absolute Gasteiger partial charge is 0.335 e. The summed E-state index contributed by atoms with van der Waals surface area (Å²) in [4.78, 5) is 17.0. The van der Waals surface area contributed by atoms with Gasteiger partial charge in [0.1, 0.15) is 0 Å². The van der Waals surface area contributed by atoms with E-state index in [0.717, 1.165) is 30.8 Å². The van der Waals surface area contributed by atoms with E-state index >= 15 is 0 Å². The number of piperidine rings is 3. The zero-order valence-electron chi connectivity index (χ0n) is 10.9. The number of nitrogens with zero attached hydrogens (tertiary/aromatic N) is 2. The number of rotatable bonds is 0. The van der Waals surface area contributed by atoms with Crippen molar-refractivity contribution in [1.29, 1.82) is 0 Å². The van der Waals surface area contributed by atoms with E-state index in [1.807, 2.05) is 0 Å². The van der Waals surface area contributed by atoms with Crippen LogP contribution in [0.5, 0.6) is 0 Å². The van der Waals surface area contributed by atoms with Gasteiger partial charge in [-0.3, -0.25) is 9.69 Å². The fourth-order valence-corrected chi connectivity index (χ4v) is 4.95. The minimum Gasteiger partial charge on any atom is -0.335 e. The Kier molecular flexibility index (Phi) is 2.51. The zero-order valence-corrected chi connectivity index (χ0v) is 10.9. The maximum atomic E-state index is 12.1. The Labute approximate surface area is 109 Å². The molecule has 3 nitrogen and oxygen atoms in total. The maximum absolute atomic E-state index is 12.1. The highest BCUT2D eigenvalue weighted by Crippen LogP contribution is 2.43. The number of hydrogen-bond donors (Lipinski definition) is 0. The van der Waals surface area contributed by atoms with Crippen LogP contribution in [-0.2, 0) is 4.79 Å². The van der Waals surface area contributed by atoms with Crippen molar-refractivity contribution in [2.75, 3.05) is 19.6 Å². The number of amides is 1. The van der Waals surface area contributed by atoms with E-state index in [9.17, 15) is 4.79 Å². The quantitative estimate of drug-likeness (QED) is 0.649. The lowest BCUT2D eigenvalue weighted by atomic mass is 9.68. The Hall–Kier alpha value is -0.830. The van der Waals surface area contributed by atoms with Gasteiger partial charge in [-0.05, 0) is 63.1 Å². The van der Waals surface area contributed by atoms with Gasteiger partial charge in [-0.2, -0.15) is 0 Å². The molecule has 18 heavy (non-hydrogen) atoms. The van der Waals surface area contributed by atoms with Gasteiger partial charge in [0.05, 0.1) is 0 Å². The first-order chi connectivity index (χ1) is 8.84. The van der Waals surface area contributed by atoms with Crippen LogP contribution in [0.2, 0.25) is 0 Å². The molecule has 1 amide bonds. The second kappa shape index (κ2) is 4.09. The molecular formula is C15H22N2O. The minimum absolute atomic E-state index is 0.271. The molecule has 0 aromatic rings. The molecule has 0 N–H and O–H groups in total.